The fourth-order valence-electron chi connectivity index (χ4n) is 1.65. The summed E-state index contributed by atoms with van der Waals surface area (Å²) >= 11 is 0. The number of hydrogen-bond acceptors (Lipinski definition) is 4. The van der Waals surface area contributed by atoms with Gasteiger partial charge in [0.25, 0.3) is 0 Å². The molecule has 0 saturated carbocycles. The van der Waals surface area contributed by atoms with Gasteiger partial charge < -0.3 is 15.8 Å². The van der Waals surface area contributed by atoms with Crippen LogP contribution in [0.15, 0.2) is 18.2 Å². The minimum Gasteiger partial charge on any atom is -0.399 e. The summed E-state index contributed by atoms with van der Waals surface area (Å²) in [6.45, 7) is 4.10. The van der Waals surface area contributed by atoms with E-state index < -0.39 is 16.0 Å². The van der Waals surface area contributed by atoms with E-state index in [0.717, 1.165) is 5.56 Å². The van der Waals surface area contributed by atoms with Crippen LogP contribution in [0, 0.1) is 6.92 Å². The second-order valence-corrected chi connectivity index (χ2v) is 6.51. The fourth-order valence-corrected chi connectivity index (χ4v) is 2.70. The monoisotopic (exact) mass is 298 g/mol. The molecule has 0 aliphatic rings. The molecule has 3 N–H and O–H groups in total. The van der Waals surface area contributed by atoms with Crippen LogP contribution in [0.25, 0.3) is 0 Å². The van der Waals surface area contributed by atoms with Gasteiger partial charge in [0.2, 0.25) is 5.91 Å². The Morgan fingerprint density at radius 1 is 1.50 bits per heavy atom. The summed E-state index contributed by atoms with van der Waals surface area (Å²) in [4.78, 5) is 12.1. The lowest BCUT2D eigenvalue weighted by molar-refractivity contribution is -0.115. The molecule has 0 bridgehead atoms. The van der Waals surface area contributed by atoms with Crippen LogP contribution < -0.4 is 11.1 Å². The average Bonchev–Trinajstić information content (AvgIpc) is 2.42. The van der Waals surface area contributed by atoms with E-state index in [1.165, 1.54) is 0 Å². The molecule has 0 radical (unpaired) electrons. The molecule has 0 fully saturated rings. The van der Waals surface area contributed by atoms with E-state index in [9.17, 15) is 9.00 Å². The van der Waals surface area contributed by atoms with Crippen molar-refractivity contribution in [2.45, 2.75) is 25.5 Å². The van der Waals surface area contributed by atoms with Crippen LogP contribution in [0.5, 0.6) is 0 Å². The zero-order valence-corrected chi connectivity index (χ0v) is 13.0. The maximum Gasteiger partial charge on any atom is 0.239 e. The van der Waals surface area contributed by atoms with Gasteiger partial charge in [0.1, 0.15) is 5.25 Å². The van der Waals surface area contributed by atoms with Gasteiger partial charge in [-0.15, -0.1) is 0 Å². The summed E-state index contributed by atoms with van der Waals surface area (Å²) < 4.78 is 16.9. The first kappa shape index (κ1) is 16.7. The summed E-state index contributed by atoms with van der Waals surface area (Å²) in [5.41, 5.74) is 7.86. The highest BCUT2D eigenvalue weighted by molar-refractivity contribution is 7.86. The number of hydrogen-bond donors (Lipinski definition) is 2. The lowest BCUT2D eigenvalue weighted by atomic mass is 10.2. The van der Waals surface area contributed by atoms with Crippen LogP contribution >= 0.6 is 0 Å². The SMILES string of the molecule is COCCCS(=O)C(C)C(=O)Nc1cc(N)ccc1C. The molecule has 2 unspecified atom stereocenters. The van der Waals surface area contributed by atoms with Gasteiger partial charge in [-0.25, -0.2) is 0 Å². The van der Waals surface area contributed by atoms with Gasteiger partial charge in [-0.05, 0) is 38.0 Å². The Morgan fingerprint density at radius 3 is 2.85 bits per heavy atom. The summed E-state index contributed by atoms with van der Waals surface area (Å²) in [6, 6.07) is 5.32. The van der Waals surface area contributed by atoms with Gasteiger partial charge in [-0.1, -0.05) is 6.07 Å². The Morgan fingerprint density at radius 2 is 2.20 bits per heavy atom. The molecule has 20 heavy (non-hydrogen) atoms. The van der Waals surface area contributed by atoms with Crippen molar-refractivity contribution in [1.29, 1.82) is 0 Å². The third-order valence-corrected chi connectivity index (χ3v) is 4.67. The van der Waals surface area contributed by atoms with Gasteiger partial charge in [0, 0.05) is 41.6 Å². The molecule has 1 aromatic carbocycles. The number of rotatable bonds is 7. The Bertz CT molecular complexity index is 491. The molecule has 0 aliphatic carbocycles. The van der Waals surface area contributed by atoms with Crippen LogP contribution in [0.1, 0.15) is 18.9 Å². The minimum absolute atomic E-state index is 0.255. The Balaban J connectivity index is 2.61. The molecule has 1 aromatic rings. The number of nitrogens with one attached hydrogen (secondary N) is 1. The highest BCUT2D eigenvalue weighted by Gasteiger charge is 2.20. The molecule has 1 amide bonds. The minimum atomic E-state index is -1.21. The van der Waals surface area contributed by atoms with Crippen molar-refractivity contribution >= 4 is 28.1 Å². The second kappa shape index (κ2) is 8.01. The Hall–Kier alpha value is -1.40. The van der Waals surface area contributed by atoms with Crippen molar-refractivity contribution in [1.82, 2.24) is 0 Å². The number of nitrogen functional groups attached to an aromatic ring is 1. The predicted octanol–water partition coefficient (Wildman–Crippen LogP) is 1.69. The largest absolute Gasteiger partial charge is 0.399 e. The average molecular weight is 298 g/mol. The molecule has 5 nitrogen and oxygen atoms in total. The first-order valence-electron chi connectivity index (χ1n) is 6.48. The maximum atomic E-state index is 12.1. The molecular formula is C14H22N2O3S. The zero-order valence-electron chi connectivity index (χ0n) is 12.1. The topological polar surface area (TPSA) is 81.4 Å². The van der Waals surface area contributed by atoms with Crippen molar-refractivity contribution < 1.29 is 13.7 Å². The molecule has 0 saturated heterocycles. The van der Waals surface area contributed by atoms with Crippen molar-refractivity contribution in [3.05, 3.63) is 23.8 Å². The summed E-state index contributed by atoms with van der Waals surface area (Å²) in [7, 11) is 0.394. The summed E-state index contributed by atoms with van der Waals surface area (Å²) in [5.74, 6) is 0.202. The maximum absolute atomic E-state index is 12.1. The van der Waals surface area contributed by atoms with Crippen molar-refractivity contribution in [3.8, 4) is 0 Å². The number of benzene rings is 1. The van der Waals surface area contributed by atoms with E-state index in [4.69, 9.17) is 10.5 Å². The Labute approximate surface area is 122 Å². The van der Waals surface area contributed by atoms with E-state index in [1.807, 2.05) is 13.0 Å². The lowest BCUT2D eigenvalue weighted by Gasteiger charge is -2.14. The molecule has 0 heterocycles. The van der Waals surface area contributed by atoms with E-state index in [0.29, 0.717) is 30.2 Å². The number of carbonyl (C=O) groups excluding carboxylic acids is 1. The molecule has 112 valence electrons. The molecule has 2 atom stereocenters. The van der Waals surface area contributed by atoms with Gasteiger partial charge in [0.05, 0.1) is 0 Å². The number of methoxy groups -OCH3 is 1. The van der Waals surface area contributed by atoms with Crippen molar-refractivity contribution in [3.63, 3.8) is 0 Å². The summed E-state index contributed by atoms with van der Waals surface area (Å²) in [5, 5.41) is 2.22. The first-order valence-corrected chi connectivity index (χ1v) is 7.87. The third-order valence-electron chi connectivity index (χ3n) is 2.98. The van der Waals surface area contributed by atoms with Crippen LogP contribution in [-0.2, 0) is 20.3 Å². The normalized spacial score (nSPS) is 13.8. The lowest BCUT2D eigenvalue weighted by Crippen LogP contribution is -2.30. The van der Waals surface area contributed by atoms with E-state index in [-0.39, 0.29) is 5.91 Å². The summed E-state index contributed by atoms with van der Waals surface area (Å²) in [6.07, 6.45) is 0.679. The van der Waals surface area contributed by atoms with Crippen LogP contribution in [0.3, 0.4) is 0 Å². The smallest absolute Gasteiger partial charge is 0.239 e. The Kier molecular flexibility index (Phi) is 6.67. The number of nitrogens with two attached hydrogens (primary N) is 1. The molecular weight excluding hydrogens is 276 g/mol. The molecule has 0 spiro atoms. The molecule has 0 aromatic heterocycles. The predicted molar refractivity (Wildman–Crippen MR) is 83.2 cm³/mol. The number of aryl methyl sites for hydroxylation is 1. The molecule has 0 aliphatic heterocycles. The van der Waals surface area contributed by atoms with Crippen LogP contribution in [0.2, 0.25) is 0 Å². The number of anilines is 2. The van der Waals surface area contributed by atoms with Gasteiger partial charge in [-0.3, -0.25) is 9.00 Å². The van der Waals surface area contributed by atoms with E-state index in [1.54, 1.807) is 26.2 Å². The van der Waals surface area contributed by atoms with Crippen LogP contribution in [0.4, 0.5) is 11.4 Å². The van der Waals surface area contributed by atoms with Crippen molar-refractivity contribution in [2.75, 3.05) is 30.5 Å². The van der Waals surface area contributed by atoms with Gasteiger partial charge in [-0.2, -0.15) is 0 Å². The van der Waals surface area contributed by atoms with Crippen molar-refractivity contribution in [2.24, 2.45) is 0 Å². The third kappa shape index (κ3) is 4.94. The quantitative estimate of drug-likeness (QED) is 0.593. The highest BCUT2D eigenvalue weighted by atomic mass is 32.2. The van der Waals surface area contributed by atoms with Gasteiger partial charge in [0.15, 0.2) is 0 Å². The number of amides is 1. The molecule has 1 rings (SSSR count). The molecule has 6 heteroatoms. The van der Waals surface area contributed by atoms with Crippen LogP contribution in [-0.4, -0.2) is 34.8 Å². The van der Waals surface area contributed by atoms with Gasteiger partial charge >= 0.3 is 0 Å². The number of carbonyl (C=O) groups is 1. The standard InChI is InChI=1S/C14H22N2O3S/c1-10-5-6-12(15)9-13(10)16-14(17)11(2)20(18)8-4-7-19-3/h5-6,9,11H,4,7-8,15H2,1-3H3,(H,16,17). The zero-order chi connectivity index (χ0) is 15.1. The second-order valence-electron chi connectivity index (χ2n) is 4.64. The first-order chi connectivity index (χ1) is 9.45. The van der Waals surface area contributed by atoms with E-state index in [2.05, 4.69) is 5.32 Å². The van der Waals surface area contributed by atoms with E-state index >= 15 is 0 Å². The highest BCUT2D eigenvalue weighted by Crippen LogP contribution is 2.18. The fraction of sp³-hybridized carbons (Fsp3) is 0.500. The number of ether oxygens (including phenoxy) is 1.